The number of hydrogen-bond acceptors (Lipinski definition) is 7. The molecule has 7 nitrogen and oxygen atoms in total. The molecule has 6 rings (SSSR count). The zero-order valence-corrected chi connectivity index (χ0v) is 17.1. The molecule has 1 aliphatic carbocycles. The molecule has 4 aromatic heterocycles. The predicted octanol–water partition coefficient (Wildman–Crippen LogP) is 4.19. The van der Waals surface area contributed by atoms with Crippen molar-refractivity contribution in [2.24, 2.45) is 0 Å². The molecule has 5 aromatic rings. The zero-order chi connectivity index (χ0) is 20.1. The first-order valence-corrected chi connectivity index (χ1v) is 10.7. The number of aromatic nitrogens is 7. The smallest absolute Gasteiger partial charge is 0.205 e. The Labute approximate surface area is 176 Å². The zero-order valence-electron chi connectivity index (χ0n) is 16.3. The van der Waals surface area contributed by atoms with Crippen LogP contribution < -0.4 is 0 Å². The van der Waals surface area contributed by atoms with Crippen LogP contribution in [-0.2, 0) is 12.8 Å². The van der Waals surface area contributed by atoms with E-state index in [4.69, 9.17) is 9.97 Å². The third kappa shape index (κ3) is 2.80. The molecule has 0 radical (unpaired) electrons. The van der Waals surface area contributed by atoms with E-state index in [1.807, 2.05) is 36.4 Å². The van der Waals surface area contributed by atoms with Crippen LogP contribution in [0.4, 0.5) is 0 Å². The summed E-state index contributed by atoms with van der Waals surface area (Å²) in [6, 6.07) is 12.0. The second-order valence-electron chi connectivity index (χ2n) is 7.42. The fraction of sp³-hybridized carbons (Fsp3) is 0.182. The first-order chi connectivity index (χ1) is 14.8. The third-order valence-corrected chi connectivity index (χ3v) is 6.56. The number of benzene rings is 1. The van der Waals surface area contributed by atoms with Gasteiger partial charge in [0.05, 0.1) is 5.39 Å². The second-order valence-corrected chi connectivity index (χ2v) is 8.50. The van der Waals surface area contributed by atoms with E-state index in [0.29, 0.717) is 17.5 Å². The van der Waals surface area contributed by atoms with E-state index < -0.39 is 0 Å². The highest BCUT2D eigenvalue weighted by molar-refractivity contribution is 7.19. The van der Waals surface area contributed by atoms with Crippen molar-refractivity contribution in [3.8, 4) is 28.6 Å². The van der Waals surface area contributed by atoms with Crippen molar-refractivity contribution < 1.29 is 0 Å². The molecule has 146 valence electrons. The fourth-order valence-corrected chi connectivity index (χ4v) is 5.12. The lowest BCUT2D eigenvalue weighted by atomic mass is 10.1. The van der Waals surface area contributed by atoms with Crippen LogP contribution in [-0.4, -0.2) is 35.2 Å². The summed E-state index contributed by atoms with van der Waals surface area (Å²) in [5, 5.41) is 14.4. The summed E-state index contributed by atoms with van der Waals surface area (Å²) in [6.07, 6.45) is 6.82. The number of pyridine rings is 1. The summed E-state index contributed by atoms with van der Waals surface area (Å²) in [5.74, 6) is 1.89. The highest BCUT2D eigenvalue weighted by Gasteiger charge is 2.24. The molecule has 0 aliphatic heterocycles. The molecule has 0 saturated carbocycles. The van der Waals surface area contributed by atoms with Crippen LogP contribution >= 0.6 is 11.3 Å². The normalized spacial score (nSPS) is 13.1. The number of tetrazole rings is 1. The summed E-state index contributed by atoms with van der Waals surface area (Å²) >= 11 is 1.75. The Balaban J connectivity index is 1.55. The molecular formula is C22H17N7S. The molecule has 0 atom stereocenters. The number of nitrogens with zero attached hydrogens (tertiary/aromatic N) is 7. The van der Waals surface area contributed by atoms with Gasteiger partial charge < -0.3 is 0 Å². The summed E-state index contributed by atoms with van der Waals surface area (Å²) in [4.78, 5) is 17.8. The van der Waals surface area contributed by atoms with E-state index in [-0.39, 0.29) is 0 Å². The van der Waals surface area contributed by atoms with Gasteiger partial charge in [0.2, 0.25) is 5.82 Å². The molecule has 0 bridgehead atoms. The lowest BCUT2D eigenvalue weighted by Gasteiger charge is -2.06. The average Bonchev–Trinajstić information content (AvgIpc) is 3.50. The first kappa shape index (κ1) is 17.3. The van der Waals surface area contributed by atoms with E-state index in [2.05, 4.69) is 27.3 Å². The Bertz CT molecular complexity index is 1370. The van der Waals surface area contributed by atoms with Crippen molar-refractivity contribution in [2.45, 2.75) is 26.2 Å². The van der Waals surface area contributed by atoms with Crippen LogP contribution in [0.1, 0.15) is 22.4 Å². The van der Waals surface area contributed by atoms with Gasteiger partial charge in [-0.15, -0.1) is 26.3 Å². The number of hydrogen-bond donors (Lipinski definition) is 0. The molecule has 0 spiro atoms. The Hall–Kier alpha value is -3.52. The summed E-state index contributed by atoms with van der Waals surface area (Å²) in [6.45, 7) is 2.06. The van der Waals surface area contributed by atoms with E-state index in [1.165, 1.54) is 22.4 Å². The summed E-state index contributed by atoms with van der Waals surface area (Å²) in [5.41, 5.74) is 4.32. The van der Waals surface area contributed by atoms with Crippen LogP contribution in [0.15, 0.2) is 48.8 Å². The maximum Gasteiger partial charge on any atom is 0.205 e. The Kier molecular flexibility index (Phi) is 3.92. The largest absolute Gasteiger partial charge is 0.264 e. The highest BCUT2D eigenvalue weighted by Crippen LogP contribution is 2.39. The maximum absolute atomic E-state index is 4.87. The number of thiophene rings is 1. The van der Waals surface area contributed by atoms with Crippen molar-refractivity contribution in [1.82, 2.24) is 35.2 Å². The molecule has 1 aliphatic rings. The molecule has 0 saturated heterocycles. The molecule has 4 heterocycles. The maximum atomic E-state index is 4.87. The van der Waals surface area contributed by atoms with Gasteiger partial charge >= 0.3 is 0 Å². The quantitative estimate of drug-likeness (QED) is 0.443. The van der Waals surface area contributed by atoms with E-state index >= 15 is 0 Å². The van der Waals surface area contributed by atoms with Gasteiger partial charge in [-0.2, -0.15) is 0 Å². The molecular weight excluding hydrogens is 394 g/mol. The Morgan fingerprint density at radius 1 is 0.967 bits per heavy atom. The number of fused-ring (bicyclic) bond motifs is 3. The van der Waals surface area contributed by atoms with Gasteiger partial charge in [0.15, 0.2) is 11.6 Å². The Morgan fingerprint density at radius 3 is 2.70 bits per heavy atom. The van der Waals surface area contributed by atoms with Crippen LogP contribution in [0.3, 0.4) is 0 Å². The summed E-state index contributed by atoms with van der Waals surface area (Å²) in [7, 11) is 0. The SMILES string of the molecule is Cc1ccc(-c2nnn(-c3nc(-c4cccnc4)nc4sc5c(c34)CCC5)n2)cc1. The van der Waals surface area contributed by atoms with Crippen LogP contribution in [0, 0.1) is 6.92 Å². The molecule has 0 fully saturated rings. The minimum absolute atomic E-state index is 0.580. The molecule has 0 amide bonds. The fourth-order valence-electron chi connectivity index (χ4n) is 3.87. The van der Waals surface area contributed by atoms with E-state index in [9.17, 15) is 0 Å². The molecule has 30 heavy (non-hydrogen) atoms. The van der Waals surface area contributed by atoms with Gasteiger partial charge in [-0.1, -0.05) is 29.8 Å². The standard InChI is InChI=1S/C22H17N7S/c1-13-7-9-14(10-8-13)20-26-28-29(27-20)21-18-16-5-2-6-17(16)30-22(18)25-19(24-21)15-4-3-11-23-12-15/h3-4,7-12H,2,5-6H2,1H3. The van der Waals surface area contributed by atoms with Crippen molar-refractivity contribution in [3.05, 3.63) is 64.8 Å². The van der Waals surface area contributed by atoms with Crippen LogP contribution in [0.25, 0.3) is 38.8 Å². The van der Waals surface area contributed by atoms with E-state index in [1.54, 1.807) is 28.5 Å². The number of aryl methyl sites for hydroxylation is 3. The van der Waals surface area contributed by atoms with Gasteiger partial charge in [-0.05, 0) is 49.1 Å². The molecule has 1 aromatic carbocycles. The van der Waals surface area contributed by atoms with Crippen LogP contribution in [0.5, 0.6) is 0 Å². The van der Waals surface area contributed by atoms with Gasteiger partial charge in [-0.3, -0.25) is 4.98 Å². The van der Waals surface area contributed by atoms with Gasteiger partial charge in [0.1, 0.15) is 4.83 Å². The van der Waals surface area contributed by atoms with Gasteiger partial charge in [0.25, 0.3) is 0 Å². The number of rotatable bonds is 3. The Morgan fingerprint density at radius 2 is 1.87 bits per heavy atom. The van der Waals surface area contributed by atoms with Gasteiger partial charge in [0, 0.05) is 28.4 Å². The lowest BCUT2D eigenvalue weighted by Crippen LogP contribution is -2.06. The molecule has 0 unspecified atom stereocenters. The highest BCUT2D eigenvalue weighted by atomic mass is 32.1. The lowest BCUT2D eigenvalue weighted by molar-refractivity contribution is 0.705. The van der Waals surface area contributed by atoms with Crippen molar-refractivity contribution >= 4 is 21.6 Å². The second kappa shape index (κ2) is 6.77. The van der Waals surface area contributed by atoms with Crippen molar-refractivity contribution in [3.63, 3.8) is 0 Å². The van der Waals surface area contributed by atoms with E-state index in [0.717, 1.165) is 34.2 Å². The van der Waals surface area contributed by atoms with Crippen LogP contribution in [0.2, 0.25) is 0 Å². The minimum atomic E-state index is 0.580. The average molecular weight is 411 g/mol. The van der Waals surface area contributed by atoms with Gasteiger partial charge in [-0.25, -0.2) is 9.97 Å². The topological polar surface area (TPSA) is 82.3 Å². The molecule has 8 heteroatoms. The van der Waals surface area contributed by atoms with Crippen molar-refractivity contribution in [1.29, 1.82) is 0 Å². The molecule has 0 N–H and O–H groups in total. The first-order valence-electron chi connectivity index (χ1n) is 9.86. The monoisotopic (exact) mass is 411 g/mol. The minimum Gasteiger partial charge on any atom is -0.264 e. The predicted molar refractivity (Wildman–Crippen MR) is 116 cm³/mol. The van der Waals surface area contributed by atoms with Crippen molar-refractivity contribution in [2.75, 3.05) is 0 Å². The third-order valence-electron chi connectivity index (χ3n) is 5.38. The summed E-state index contributed by atoms with van der Waals surface area (Å²) < 4.78 is 0.